The van der Waals surface area contributed by atoms with Crippen LogP contribution in [0.2, 0.25) is 0 Å². The van der Waals surface area contributed by atoms with E-state index in [0.717, 1.165) is 11.3 Å². The van der Waals surface area contributed by atoms with Gasteiger partial charge in [0.05, 0.1) is 0 Å². The van der Waals surface area contributed by atoms with Crippen LogP contribution in [0.15, 0.2) is 24.3 Å². The zero-order valence-corrected chi connectivity index (χ0v) is 11.3. The lowest BCUT2D eigenvalue weighted by molar-refractivity contribution is -0.120. The van der Waals surface area contributed by atoms with Crippen LogP contribution in [0.1, 0.15) is 18.9 Å². The molecule has 1 aromatic carbocycles. The van der Waals surface area contributed by atoms with Gasteiger partial charge in [0.15, 0.2) is 0 Å². The van der Waals surface area contributed by atoms with E-state index in [-0.39, 0.29) is 24.8 Å². The topological polar surface area (TPSA) is 58.2 Å². The zero-order valence-electron chi connectivity index (χ0n) is 10.5. The van der Waals surface area contributed by atoms with E-state index in [1.54, 1.807) is 6.92 Å². The number of amides is 2. The number of halogens is 1. The molecule has 2 N–H and O–H groups in total. The summed E-state index contributed by atoms with van der Waals surface area (Å²) in [5, 5.41) is 4.75. The lowest BCUT2D eigenvalue weighted by Crippen LogP contribution is -2.32. The number of aryl methyl sites for hydroxylation is 1. The van der Waals surface area contributed by atoms with Crippen molar-refractivity contribution in [3.8, 4) is 0 Å². The molecule has 2 amide bonds. The first kappa shape index (κ1) is 14.5. The molecule has 0 aliphatic heterocycles. The lowest BCUT2D eigenvalue weighted by Gasteiger charge is -2.07. The highest BCUT2D eigenvalue weighted by atomic mass is 35.5. The van der Waals surface area contributed by atoms with Gasteiger partial charge in [-0.15, -0.1) is 11.6 Å². The first-order valence-corrected chi connectivity index (χ1v) is 6.21. The molecule has 0 heterocycles. The van der Waals surface area contributed by atoms with Crippen LogP contribution in [-0.4, -0.2) is 23.7 Å². The van der Waals surface area contributed by atoms with Crippen molar-refractivity contribution in [3.05, 3.63) is 29.8 Å². The Morgan fingerprint density at radius 2 is 1.89 bits per heavy atom. The molecular weight excluding hydrogens is 252 g/mol. The maximum atomic E-state index is 11.6. The van der Waals surface area contributed by atoms with Gasteiger partial charge in [0, 0.05) is 18.7 Å². The fourth-order valence-corrected chi connectivity index (χ4v) is 1.38. The number of anilines is 1. The van der Waals surface area contributed by atoms with Crippen LogP contribution in [-0.2, 0) is 9.59 Å². The highest BCUT2D eigenvalue weighted by Gasteiger charge is 2.09. The second-order valence-electron chi connectivity index (χ2n) is 4.07. The molecule has 0 aromatic heterocycles. The molecule has 0 radical (unpaired) electrons. The maximum Gasteiger partial charge on any atom is 0.237 e. The predicted molar refractivity (Wildman–Crippen MR) is 72.8 cm³/mol. The monoisotopic (exact) mass is 268 g/mol. The molecule has 0 unspecified atom stereocenters. The number of carbonyl (C=O) groups is 2. The highest BCUT2D eigenvalue weighted by Crippen LogP contribution is 2.08. The fourth-order valence-electron chi connectivity index (χ4n) is 1.30. The van der Waals surface area contributed by atoms with Crippen molar-refractivity contribution in [2.45, 2.75) is 25.6 Å². The van der Waals surface area contributed by atoms with Crippen LogP contribution in [0.5, 0.6) is 0 Å². The Morgan fingerprint density at radius 3 is 2.44 bits per heavy atom. The van der Waals surface area contributed by atoms with Crippen LogP contribution >= 0.6 is 11.6 Å². The summed E-state index contributed by atoms with van der Waals surface area (Å²) in [5.74, 6) is -0.402. The van der Waals surface area contributed by atoms with Crippen LogP contribution in [0, 0.1) is 6.92 Å². The van der Waals surface area contributed by atoms with Crippen molar-refractivity contribution in [1.82, 2.24) is 5.32 Å². The minimum Gasteiger partial charge on any atom is -0.354 e. The largest absolute Gasteiger partial charge is 0.354 e. The van der Waals surface area contributed by atoms with E-state index in [1.807, 2.05) is 31.2 Å². The van der Waals surface area contributed by atoms with Gasteiger partial charge in [0.2, 0.25) is 11.8 Å². The Labute approximate surface area is 112 Å². The van der Waals surface area contributed by atoms with Gasteiger partial charge in [0.25, 0.3) is 0 Å². The first-order valence-electron chi connectivity index (χ1n) is 5.77. The summed E-state index contributed by atoms with van der Waals surface area (Å²) in [6.07, 6.45) is 0.225. The Bertz CT molecular complexity index is 416. The summed E-state index contributed by atoms with van der Waals surface area (Å²) in [6, 6.07) is 7.53. The number of benzene rings is 1. The van der Waals surface area contributed by atoms with Crippen LogP contribution < -0.4 is 10.6 Å². The Kier molecular flexibility index (Phi) is 5.65. The van der Waals surface area contributed by atoms with Gasteiger partial charge in [-0.1, -0.05) is 17.7 Å². The normalized spacial score (nSPS) is 11.7. The van der Waals surface area contributed by atoms with Crippen LogP contribution in [0.4, 0.5) is 5.69 Å². The second kappa shape index (κ2) is 7.01. The number of hydrogen-bond acceptors (Lipinski definition) is 2. The molecule has 0 bridgehead atoms. The number of rotatable bonds is 5. The van der Waals surface area contributed by atoms with E-state index in [1.165, 1.54) is 0 Å². The Balaban J connectivity index is 2.30. The van der Waals surface area contributed by atoms with Crippen molar-refractivity contribution in [2.24, 2.45) is 0 Å². The molecule has 0 spiro atoms. The van der Waals surface area contributed by atoms with Crippen LogP contribution in [0.25, 0.3) is 0 Å². The van der Waals surface area contributed by atoms with Gasteiger partial charge in [-0.25, -0.2) is 0 Å². The van der Waals surface area contributed by atoms with E-state index in [0.29, 0.717) is 0 Å². The maximum absolute atomic E-state index is 11.6. The van der Waals surface area contributed by atoms with Gasteiger partial charge in [-0.2, -0.15) is 0 Å². The van der Waals surface area contributed by atoms with Gasteiger partial charge in [-0.05, 0) is 26.0 Å². The molecule has 1 rings (SSSR count). The lowest BCUT2D eigenvalue weighted by atomic mass is 10.2. The quantitative estimate of drug-likeness (QED) is 0.803. The van der Waals surface area contributed by atoms with Crippen molar-refractivity contribution < 1.29 is 9.59 Å². The molecule has 98 valence electrons. The second-order valence-corrected chi connectivity index (χ2v) is 4.73. The number of hydrogen-bond donors (Lipinski definition) is 2. The number of nitrogens with one attached hydrogen (secondary N) is 2. The van der Waals surface area contributed by atoms with E-state index in [9.17, 15) is 9.59 Å². The summed E-state index contributed by atoms with van der Waals surface area (Å²) in [7, 11) is 0. The summed E-state index contributed by atoms with van der Waals surface area (Å²) in [5.41, 5.74) is 1.89. The van der Waals surface area contributed by atoms with Crippen molar-refractivity contribution in [2.75, 3.05) is 11.9 Å². The van der Waals surface area contributed by atoms with Crippen molar-refractivity contribution >= 4 is 29.1 Å². The van der Waals surface area contributed by atoms with Gasteiger partial charge in [-0.3, -0.25) is 9.59 Å². The van der Waals surface area contributed by atoms with E-state index < -0.39 is 5.38 Å². The summed E-state index contributed by atoms with van der Waals surface area (Å²) in [6.45, 7) is 3.85. The molecule has 4 nitrogen and oxygen atoms in total. The average Bonchev–Trinajstić information content (AvgIpc) is 2.32. The molecule has 18 heavy (non-hydrogen) atoms. The molecular formula is C13H17ClN2O2. The summed E-state index contributed by atoms with van der Waals surface area (Å²) < 4.78 is 0. The standard InChI is InChI=1S/C13H17ClN2O2/c1-9-3-5-11(6-4-9)16-12(17)7-8-15-13(18)10(2)14/h3-6,10H,7-8H2,1-2H3,(H,15,18)(H,16,17)/t10-/m0/s1. The minimum absolute atomic E-state index is 0.138. The summed E-state index contributed by atoms with van der Waals surface area (Å²) in [4.78, 5) is 22.7. The van der Waals surface area contributed by atoms with Crippen molar-refractivity contribution in [1.29, 1.82) is 0 Å². The minimum atomic E-state index is -0.579. The molecule has 0 aliphatic carbocycles. The van der Waals surface area contributed by atoms with E-state index >= 15 is 0 Å². The Morgan fingerprint density at radius 1 is 1.28 bits per heavy atom. The van der Waals surface area contributed by atoms with Gasteiger partial charge < -0.3 is 10.6 Å². The molecule has 0 fully saturated rings. The smallest absolute Gasteiger partial charge is 0.237 e. The SMILES string of the molecule is Cc1ccc(NC(=O)CCNC(=O)[C@H](C)Cl)cc1. The Hall–Kier alpha value is -1.55. The molecule has 1 atom stereocenters. The molecule has 0 aliphatic rings. The fraction of sp³-hybridized carbons (Fsp3) is 0.385. The molecule has 0 saturated carbocycles. The molecule has 1 aromatic rings. The molecule has 5 heteroatoms. The van der Waals surface area contributed by atoms with Crippen LogP contribution in [0.3, 0.4) is 0 Å². The third-order valence-electron chi connectivity index (χ3n) is 2.35. The average molecular weight is 269 g/mol. The third-order valence-corrected chi connectivity index (χ3v) is 2.55. The van der Waals surface area contributed by atoms with E-state index in [2.05, 4.69) is 10.6 Å². The first-order chi connectivity index (χ1) is 8.49. The van der Waals surface area contributed by atoms with Gasteiger partial charge in [0.1, 0.15) is 5.38 Å². The van der Waals surface area contributed by atoms with E-state index in [4.69, 9.17) is 11.6 Å². The molecule has 0 saturated heterocycles. The zero-order chi connectivity index (χ0) is 13.5. The predicted octanol–water partition coefficient (Wildman–Crippen LogP) is 2.07. The summed E-state index contributed by atoms with van der Waals surface area (Å²) >= 11 is 5.58. The number of alkyl halides is 1. The number of carbonyl (C=O) groups excluding carboxylic acids is 2. The van der Waals surface area contributed by atoms with Crippen molar-refractivity contribution in [3.63, 3.8) is 0 Å². The highest BCUT2D eigenvalue weighted by molar-refractivity contribution is 6.30. The third kappa shape index (κ3) is 5.19. The van der Waals surface area contributed by atoms with Gasteiger partial charge >= 0.3 is 0 Å².